The van der Waals surface area contributed by atoms with Gasteiger partial charge in [0.15, 0.2) is 5.82 Å². The Morgan fingerprint density at radius 2 is 2.00 bits per heavy atom. The molecule has 20 heavy (non-hydrogen) atoms. The van der Waals surface area contributed by atoms with Crippen LogP contribution in [0.15, 0.2) is 29.0 Å². The molecule has 108 valence electrons. The first-order chi connectivity index (χ1) is 9.45. The lowest BCUT2D eigenvalue weighted by molar-refractivity contribution is 0.587. The Kier molecular flexibility index (Phi) is 4.94. The average Bonchev–Trinajstić information content (AvgIpc) is 2.82. The van der Waals surface area contributed by atoms with E-state index in [9.17, 15) is 0 Å². The number of nitrogens with zero attached hydrogens (tertiary/aromatic N) is 3. The van der Waals surface area contributed by atoms with Crippen molar-refractivity contribution in [2.45, 2.75) is 46.2 Å². The molecular weight excluding hydrogens is 316 g/mol. The van der Waals surface area contributed by atoms with Crippen molar-refractivity contribution in [1.82, 2.24) is 20.1 Å². The molecule has 5 heteroatoms. The van der Waals surface area contributed by atoms with Gasteiger partial charge in [-0.15, -0.1) is 0 Å². The van der Waals surface area contributed by atoms with E-state index in [4.69, 9.17) is 4.98 Å². The van der Waals surface area contributed by atoms with Gasteiger partial charge in [0.05, 0.1) is 10.7 Å². The Labute approximate surface area is 128 Å². The predicted octanol–water partition coefficient (Wildman–Crippen LogP) is 3.65. The number of halogens is 1. The predicted molar refractivity (Wildman–Crippen MR) is 85.1 cm³/mol. The topological polar surface area (TPSA) is 42.7 Å². The minimum Gasteiger partial charge on any atom is -0.310 e. The molecule has 0 saturated carbocycles. The molecular formula is C15H21BrN4. The molecule has 2 aromatic rings. The Bertz CT molecular complexity index is 575. The molecule has 1 N–H and O–H groups in total. The fraction of sp³-hybridized carbons (Fsp3) is 0.467. The van der Waals surface area contributed by atoms with Gasteiger partial charge in [0.1, 0.15) is 0 Å². The van der Waals surface area contributed by atoms with Crippen LogP contribution in [0.4, 0.5) is 0 Å². The summed E-state index contributed by atoms with van der Waals surface area (Å²) in [6, 6.07) is 4.72. The lowest BCUT2D eigenvalue weighted by Crippen LogP contribution is -2.22. The summed E-state index contributed by atoms with van der Waals surface area (Å²) < 4.78 is 2.76. The molecule has 0 aliphatic carbocycles. The smallest absolute Gasteiger partial charge is 0.153 e. The maximum absolute atomic E-state index is 4.70. The molecule has 0 saturated heterocycles. The van der Waals surface area contributed by atoms with Crippen molar-refractivity contribution in [2.75, 3.05) is 0 Å². The first kappa shape index (κ1) is 15.2. The summed E-state index contributed by atoms with van der Waals surface area (Å²) >= 11 is 3.42. The Hall–Kier alpha value is -1.20. The Morgan fingerprint density at radius 1 is 1.25 bits per heavy atom. The third kappa shape index (κ3) is 3.90. The van der Waals surface area contributed by atoms with Crippen LogP contribution in [-0.4, -0.2) is 20.8 Å². The van der Waals surface area contributed by atoms with Crippen LogP contribution in [-0.2, 0) is 6.54 Å². The maximum Gasteiger partial charge on any atom is 0.153 e. The van der Waals surface area contributed by atoms with Crippen LogP contribution in [0.25, 0.3) is 5.82 Å². The van der Waals surface area contributed by atoms with E-state index in [-0.39, 0.29) is 0 Å². The summed E-state index contributed by atoms with van der Waals surface area (Å²) in [6.45, 7) is 9.46. The minimum atomic E-state index is 0.395. The van der Waals surface area contributed by atoms with Crippen molar-refractivity contribution in [1.29, 1.82) is 0 Å². The van der Waals surface area contributed by atoms with Crippen LogP contribution in [0.2, 0.25) is 0 Å². The van der Waals surface area contributed by atoms with Gasteiger partial charge < -0.3 is 5.32 Å². The van der Waals surface area contributed by atoms with Gasteiger partial charge in [-0.2, -0.15) is 5.10 Å². The van der Waals surface area contributed by atoms with Gasteiger partial charge >= 0.3 is 0 Å². The zero-order valence-corrected chi connectivity index (χ0v) is 14.0. The lowest BCUT2D eigenvalue weighted by atomic mass is 10.1. The highest BCUT2D eigenvalue weighted by Gasteiger charge is 2.09. The number of pyridine rings is 1. The summed E-state index contributed by atoms with van der Waals surface area (Å²) in [7, 11) is 0. The summed E-state index contributed by atoms with van der Waals surface area (Å²) in [4.78, 5) is 4.70. The van der Waals surface area contributed by atoms with E-state index in [1.807, 2.05) is 6.20 Å². The minimum absolute atomic E-state index is 0.395. The molecule has 0 spiro atoms. The largest absolute Gasteiger partial charge is 0.310 e. The van der Waals surface area contributed by atoms with E-state index < -0.39 is 0 Å². The number of rotatable bonds is 5. The van der Waals surface area contributed by atoms with Gasteiger partial charge in [-0.25, -0.2) is 9.67 Å². The van der Waals surface area contributed by atoms with Crippen molar-refractivity contribution in [3.63, 3.8) is 0 Å². The molecule has 2 heterocycles. The standard InChI is InChI=1S/C15H21BrN4/c1-10(2)14-5-12(7-17-11(3)4)6-15(19-14)20-9-13(16)8-18-20/h5-6,8-11,17H,7H2,1-4H3. The van der Waals surface area contributed by atoms with E-state index in [0.29, 0.717) is 12.0 Å². The zero-order valence-electron chi connectivity index (χ0n) is 12.4. The average molecular weight is 337 g/mol. The van der Waals surface area contributed by atoms with Gasteiger partial charge in [0, 0.05) is 24.5 Å². The fourth-order valence-corrected chi connectivity index (χ4v) is 2.14. The molecule has 0 bridgehead atoms. The molecule has 0 aliphatic rings. The summed E-state index contributed by atoms with van der Waals surface area (Å²) in [5, 5.41) is 7.75. The molecule has 0 unspecified atom stereocenters. The van der Waals surface area contributed by atoms with Gasteiger partial charge in [-0.1, -0.05) is 27.7 Å². The Balaban J connectivity index is 2.35. The molecule has 0 aliphatic heterocycles. The summed E-state index contributed by atoms with van der Waals surface area (Å²) in [6.07, 6.45) is 3.70. The second-order valence-electron chi connectivity index (χ2n) is 5.55. The third-order valence-electron chi connectivity index (χ3n) is 2.98. The SMILES string of the molecule is CC(C)NCc1cc(C(C)C)nc(-n2cc(Br)cn2)c1. The fourth-order valence-electron chi connectivity index (χ4n) is 1.86. The molecule has 0 amide bonds. The quantitative estimate of drug-likeness (QED) is 0.906. The second kappa shape index (κ2) is 6.50. The zero-order chi connectivity index (χ0) is 14.7. The molecule has 2 aromatic heterocycles. The monoisotopic (exact) mass is 336 g/mol. The highest BCUT2D eigenvalue weighted by Crippen LogP contribution is 2.18. The Morgan fingerprint density at radius 3 is 2.55 bits per heavy atom. The van der Waals surface area contributed by atoms with Crippen LogP contribution < -0.4 is 5.32 Å². The number of aromatic nitrogens is 3. The van der Waals surface area contributed by atoms with Gasteiger partial charge in [0.2, 0.25) is 0 Å². The van der Waals surface area contributed by atoms with Gasteiger partial charge in [-0.05, 0) is 39.5 Å². The first-order valence-corrected chi connectivity index (χ1v) is 7.70. The first-order valence-electron chi connectivity index (χ1n) is 6.90. The van der Waals surface area contributed by atoms with Crippen molar-refractivity contribution < 1.29 is 0 Å². The molecule has 4 nitrogen and oxygen atoms in total. The number of nitrogens with one attached hydrogen (secondary N) is 1. The van der Waals surface area contributed by atoms with Gasteiger partial charge in [-0.3, -0.25) is 0 Å². The molecule has 0 atom stereocenters. The van der Waals surface area contributed by atoms with Crippen molar-refractivity contribution in [2.24, 2.45) is 0 Å². The van der Waals surface area contributed by atoms with E-state index in [1.165, 1.54) is 5.56 Å². The van der Waals surface area contributed by atoms with Crippen LogP contribution in [0, 0.1) is 0 Å². The highest BCUT2D eigenvalue weighted by atomic mass is 79.9. The highest BCUT2D eigenvalue weighted by molar-refractivity contribution is 9.10. The van der Waals surface area contributed by atoms with E-state index in [0.717, 1.165) is 22.5 Å². The number of hydrogen-bond acceptors (Lipinski definition) is 3. The second-order valence-corrected chi connectivity index (χ2v) is 6.47. The van der Waals surface area contributed by atoms with Crippen LogP contribution >= 0.6 is 15.9 Å². The summed E-state index contributed by atoms with van der Waals surface area (Å²) in [5.41, 5.74) is 2.33. The molecule has 0 aromatic carbocycles. The van der Waals surface area contributed by atoms with Crippen LogP contribution in [0.5, 0.6) is 0 Å². The third-order valence-corrected chi connectivity index (χ3v) is 3.39. The van der Waals surface area contributed by atoms with E-state index in [1.54, 1.807) is 10.9 Å². The van der Waals surface area contributed by atoms with Crippen molar-refractivity contribution >= 4 is 15.9 Å². The lowest BCUT2D eigenvalue weighted by Gasteiger charge is -2.13. The van der Waals surface area contributed by atoms with Crippen LogP contribution in [0.1, 0.15) is 44.9 Å². The molecule has 2 rings (SSSR count). The van der Waals surface area contributed by atoms with Crippen LogP contribution in [0.3, 0.4) is 0 Å². The maximum atomic E-state index is 4.70. The normalized spacial score (nSPS) is 11.6. The van der Waals surface area contributed by atoms with Gasteiger partial charge in [0.25, 0.3) is 0 Å². The molecule has 0 fully saturated rings. The van der Waals surface area contributed by atoms with Crippen molar-refractivity contribution in [3.8, 4) is 5.82 Å². The summed E-state index contributed by atoms with van der Waals surface area (Å²) in [5.74, 6) is 1.26. The molecule has 0 radical (unpaired) electrons. The van der Waals surface area contributed by atoms with E-state index in [2.05, 4.69) is 66.2 Å². The number of hydrogen-bond donors (Lipinski definition) is 1. The van der Waals surface area contributed by atoms with E-state index >= 15 is 0 Å². The van der Waals surface area contributed by atoms with Crippen molar-refractivity contribution in [3.05, 3.63) is 40.3 Å².